The second-order valence-electron chi connectivity index (χ2n) is 6.92. The zero-order valence-corrected chi connectivity index (χ0v) is 15.4. The SMILES string of the molecule is O=C1CCC(=NCc2cccc(CN3CCOCC3)c2)c2cccnc2N1. The van der Waals surface area contributed by atoms with Crippen molar-refractivity contribution in [3.8, 4) is 0 Å². The van der Waals surface area contributed by atoms with E-state index >= 15 is 0 Å². The molecule has 6 nitrogen and oxygen atoms in total. The van der Waals surface area contributed by atoms with Gasteiger partial charge in [-0.05, 0) is 29.7 Å². The summed E-state index contributed by atoms with van der Waals surface area (Å²) in [6.07, 6.45) is 2.77. The van der Waals surface area contributed by atoms with Gasteiger partial charge in [0.1, 0.15) is 5.82 Å². The Morgan fingerprint density at radius 3 is 2.85 bits per heavy atom. The molecule has 0 unspecified atom stereocenters. The first-order chi connectivity index (χ1) is 13.3. The molecule has 0 aliphatic carbocycles. The summed E-state index contributed by atoms with van der Waals surface area (Å²) in [5.74, 6) is 0.604. The lowest BCUT2D eigenvalue weighted by atomic mass is 10.1. The number of morpholine rings is 1. The maximum Gasteiger partial charge on any atom is 0.225 e. The van der Waals surface area contributed by atoms with E-state index in [0.29, 0.717) is 25.2 Å². The highest BCUT2D eigenvalue weighted by atomic mass is 16.5. The number of fused-ring (bicyclic) bond motifs is 1. The number of anilines is 1. The second kappa shape index (κ2) is 8.41. The Kier molecular flexibility index (Phi) is 5.55. The summed E-state index contributed by atoms with van der Waals surface area (Å²) in [7, 11) is 0. The van der Waals surface area contributed by atoms with Gasteiger partial charge < -0.3 is 10.1 Å². The monoisotopic (exact) mass is 364 g/mol. The molecule has 0 bridgehead atoms. The van der Waals surface area contributed by atoms with E-state index in [9.17, 15) is 4.79 Å². The molecule has 1 saturated heterocycles. The van der Waals surface area contributed by atoms with Crippen molar-refractivity contribution in [2.75, 3.05) is 31.6 Å². The molecular formula is C21H24N4O2. The van der Waals surface area contributed by atoms with Gasteiger partial charge in [-0.1, -0.05) is 24.3 Å². The van der Waals surface area contributed by atoms with Gasteiger partial charge in [-0.25, -0.2) is 4.98 Å². The van der Waals surface area contributed by atoms with Gasteiger partial charge in [-0.3, -0.25) is 14.7 Å². The number of nitrogens with one attached hydrogen (secondary N) is 1. The predicted octanol–water partition coefficient (Wildman–Crippen LogP) is 2.64. The first kappa shape index (κ1) is 17.8. The molecule has 1 aromatic carbocycles. The van der Waals surface area contributed by atoms with Crippen molar-refractivity contribution in [1.29, 1.82) is 0 Å². The number of carbonyl (C=O) groups is 1. The molecule has 140 valence electrons. The molecule has 3 heterocycles. The van der Waals surface area contributed by atoms with E-state index in [-0.39, 0.29) is 5.91 Å². The third-order valence-electron chi connectivity index (χ3n) is 4.92. The van der Waals surface area contributed by atoms with Crippen LogP contribution in [0.3, 0.4) is 0 Å². The van der Waals surface area contributed by atoms with Crippen LogP contribution in [0.1, 0.15) is 29.5 Å². The summed E-state index contributed by atoms with van der Waals surface area (Å²) in [4.78, 5) is 23.4. The lowest BCUT2D eigenvalue weighted by molar-refractivity contribution is -0.116. The maximum absolute atomic E-state index is 11.9. The summed E-state index contributed by atoms with van der Waals surface area (Å²) in [5.41, 5.74) is 4.35. The fraction of sp³-hybridized carbons (Fsp3) is 0.381. The fourth-order valence-corrected chi connectivity index (χ4v) is 3.49. The molecule has 6 heteroatoms. The van der Waals surface area contributed by atoms with Crippen molar-refractivity contribution in [3.63, 3.8) is 0 Å². The number of aliphatic imine (C=N–C) groups is 1. The second-order valence-corrected chi connectivity index (χ2v) is 6.92. The Hall–Kier alpha value is -2.57. The summed E-state index contributed by atoms with van der Waals surface area (Å²) >= 11 is 0. The molecule has 1 N–H and O–H groups in total. The summed E-state index contributed by atoms with van der Waals surface area (Å²) in [6, 6.07) is 12.5. The Labute approximate surface area is 159 Å². The topological polar surface area (TPSA) is 66.8 Å². The van der Waals surface area contributed by atoms with Gasteiger partial charge in [0, 0.05) is 43.5 Å². The minimum atomic E-state index is -0.00680. The van der Waals surface area contributed by atoms with E-state index in [1.165, 1.54) is 11.1 Å². The minimum Gasteiger partial charge on any atom is -0.379 e. The average Bonchev–Trinajstić information content (AvgIpc) is 2.86. The van der Waals surface area contributed by atoms with E-state index in [2.05, 4.69) is 39.5 Å². The lowest BCUT2D eigenvalue weighted by Crippen LogP contribution is -2.35. The van der Waals surface area contributed by atoms with Crippen molar-refractivity contribution in [2.24, 2.45) is 4.99 Å². The van der Waals surface area contributed by atoms with Gasteiger partial charge >= 0.3 is 0 Å². The molecule has 1 aromatic heterocycles. The van der Waals surface area contributed by atoms with Crippen molar-refractivity contribution >= 4 is 17.4 Å². The largest absolute Gasteiger partial charge is 0.379 e. The van der Waals surface area contributed by atoms with E-state index in [0.717, 1.165) is 44.1 Å². The first-order valence-corrected chi connectivity index (χ1v) is 9.44. The minimum absolute atomic E-state index is 0.00680. The number of hydrogen-bond donors (Lipinski definition) is 1. The van der Waals surface area contributed by atoms with Crippen molar-refractivity contribution < 1.29 is 9.53 Å². The molecule has 2 aliphatic heterocycles. The highest BCUT2D eigenvalue weighted by Crippen LogP contribution is 2.21. The van der Waals surface area contributed by atoms with Crippen molar-refractivity contribution in [1.82, 2.24) is 9.88 Å². The average molecular weight is 364 g/mol. The van der Waals surface area contributed by atoms with Crippen LogP contribution in [0, 0.1) is 0 Å². The Balaban J connectivity index is 1.49. The van der Waals surface area contributed by atoms with Gasteiger partial charge in [0.05, 0.1) is 19.8 Å². The van der Waals surface area contributed by atoms with Crippen LogP contribution in [0.4, 0.5) is 5.82 Å². The van der Waals surface area contributed by atoms with E-state index in [1.807, 2.05) is 12.1 Å². The molecule has 0 spiro atoms. The summed E-state index contributed by atoms with van der Waals surface area (Å²) in [6.45, 7) is 5.14. The number of hydrogen-bond acceptors (Lipinski definition) is 5. The molecule has 0 radical (unpaired) electrons. The summed E-state index contributed by atoms with van der Waals surface area (Å²) in [5, 5.41) is 2.86. The van der Waals surface area contributed by atoms with E-state index in [4.69, 9.17) is 9.73 Å². The van der Waals surface area contributed by atoms with Crippen LogP contribution in [-0.2, 0) is 22.6 Å². The standard InChI is InChI=1S/C21H24N4O2/c26-20-7-6-19(18-5-2-8-22-21(18)24-20)23-14-16-3-1-4-17(13-16)15-25-9-11-27-12-10-25/h1-5,8,13H,6-7,9-12,14-15H2,(H,22,24,26). The Morgan fingerprint density at radius 2 is 1.96 bits per heavy atom. The van der Waals surface area contributed by atoms with Crippen LogP contribution in [0.15, 0.2) is 47.6 Å². The first-order valence-electron chi connectivity index (χ1n) is 9.44. The molecule has 27 heavy (non-hydrogen) atoms. The quantitative estimate of drug-likeness (QED) is 0.906. The highest BCUT2D eigenvalue weighted by Gasteiger charge is 2.18. The number of rotatable bonds is 4. The zero-order chi connectivity index (χ0) is 18.5. The van der Waals surface area contributed by atoms with Gasteiger partial charge in [0.15, 0.2) is 0 Å². The van der Waals surface area contributed by atoms with E-state index < -0.39 is 0 Å². The van der Waals surface area contributed by atoms with Gasteiger partial charge in [0.25, 0.3) is 0 Å². The number of nitrogens with zero attached hydrogens (tertiary/aromatic N) is 3. The molecular weight excluding hydrogens is 340 g/mol. The van der Waals surface area contributed by atoms with Crippen LogP contribution in [0.5, 0.6) is 0 Å². The van der Waals surface area contributed by atoms with Crippen molar-refractivity contribution in [2.45, 2.75) is 25.9 Å². The zero-order valence-electron chi connectivity index (χ0n) is 15.4. The molecule has 1 amide bonds. The fourth-order valence-electron chi connectivity index (χ4n) is 3.49. The van der Waals surface area contributed by atoms with Gasteiger partial charge in [0.2, 0.25) is 5.91 Å². The number of ether oxygens (including phenoxy) is 1. The van der Waals surface area contributed by atoms with Crippen LogP contribution in [-0.4, -0.2) is 47.8 Å². The van der Waals surface area contributed by atoms with Crippen LogP contribution < -0.4 is 5.32 Å². The molecule has 1 fully saturated rings. The van der Waals surface area contributed by atoms with E-state index in [1.54, 1.807) is 6.20 Å². The normalized spacial score (nSPS) is 19.4. The molecule has 2 aliphatic rings. The maximum atomic E-state index is 11.9. The van der Waals surface area contributed by atoms with Crippen LogP contribution in [0.25, 0.3) is 0 Å². The number of benzene rings is 1. The van der Waals surface area contributed by atoms with Crippen molar-refractivity contribution in [3.05, 3.63) is 59.3 Å². The smallest absolute Gasteiger partial charge is 0.225 e. The van der Waals surface area contributed by atoms with Gasteiger partial charge in [-0.2, -0.15) is 0 Å². The molecule has 0 saturated carbocycles. The highest BCUT2D eigenvalue weighted by molar-refractivity contribution is 6.10. The summed E-state index contributed by atoms with van der Waals surface area (Å²) < 4.78 is 5.42. The lowest BCUT2D eigenvalue weighted by Gasteiger charge is -2.26. The number of aromatic nitrogens is 1. The third kappa shape index (κ3) is 4.59. The number of amides is 1. The Bertz CT molecular complexity index is 844. The Morgan fingerprint density at radius 1 is 1.11 bits per heavy atom. The predicted molar refractivity (Wildman–Crippen MR) is 105 cm³/mol. The third-order valence-corrected chi connectivity index (χ3v) is 4.92. The van der Waals surface area contributed by atoms with Crippen LogP contribution in [0.2, 0.25) is 0 Å². The molecule has 0 atom stereocenters. The number of carbonyl (C=O) groups excluding carboxylic acids is 1. The molecule has 2 aromatic rings. The molecule has 4 rings (SSSR count). The van der Waals surface area contributed by atoms with Crippen LogP contribution >= 0.6 is 0 Å². The van der Waals surface area contributed by atoms with Gasteiger partial charge in [-0.15, -0.1) is 0 Å². The number of pyridine rings is 1.